The third kappa shape index (κ3) is 4.38. The van der Waals surface area contributed by atoms with E-state index in [1.807, 2.05) is 0 Å². The van der Waals surface area contributed by atoms with Crippen LogP contribution in [0.2, 0.25) is 0 Å². The summed E-state index contributed by atoms with van der Waals surface area (Å²) in [4.78, 5) is 23.1. The molecule has 0 unspecified atom stereocenters. The first kappa shape index (κ1) is 16.7. The molecule has 0 saturated heterocycles. The maximum absolute atomic E-state index is 11.9. The maximum atomic E-state index is 11.9. The number of nitrogens with one attached hydrogen (secondary N) is 2. The summed E-state index contributed by atoms with van der Waals surface area (Å²) in [6.07, 6.45) is 1.31. The molecule has 0 bridgehead atoms. The van der Waals surface area contributed by atoms with E-state index in [1.165, 1.54) is 42.0 Å². The molecule has 118 valence electrons. The van der Waals surface area contributed by atoms with Gasteiger partial charge in [0.15, 0.2) is 0 Å². The van der Waals surface area contributed by atoms with Crippen LogP contribution < -0.4 is 10.9 Å². The minimum atomic E-state index is -0.667. The molecule has 0 atom stereocenters. The Hall–Kier alpha value is -2.71. The first-order valence-corrected chi connectivity index (χ1v) is 7.17. The first-order valence-electron chi connectivity index (χ1n) is 6.37. The topological polar surface area (TPSA) is 111 Å². The van der Waals surface area contributed by atoms with E-state index < -0.39 is 11.8 Å². The van der Waals surface area contributed by atoms with Gasteiger partial charge < -0.3 is 5.11 Å². The summed E-state index contributed by atoms with van der Waals surface area (Å²) in [6.45, 7) is 0. The van der Waals surface area contributed by atoms with Gasteiger partial charge in [-0.15, -0.1) is 0 Å². The Morgan fingerprint density at radius 3 is 2.26 bits per heavy atom. The standard InChI is InChI=1S/C15H12BrN3O4/c16-12-5-6-13(20)11(7-12)8-17-18-14(21)9-1-3-10(4-2-9)15(22)19-23/h1-8,20,23H,(H,18,21)(H,19,22)/b17-8+. The van der Waals surface area contributed by atoms with Gasteiger partial charge in [0.05, 0.1) is 6.21 Å². The molecule has 0 aliphatic carbocycles. The number of benzene rings is 2. The molecule has 0 aromatic heterocycles. The number of hydrazone groups is 1. The number of phenols is 1. The molecule has 0 spiro atoms. The fraction of sp³-hybridized carbons (Fsp3) is 0. The summed E-state index contributed by atoms with van der Waals surface area (Å²) in [5.41, 5.74) is 4.75. The molecule has 2 amide bonds. The Kier molecular flexibility index (Phi) is 5.45. The molecule has 0 fully saturated rings. The van der Waals surface area contributed by atoms with E-state index in [2.05, 4.69) is 26.5 Å². The van der Waals surface area contributed by atoms with Crippen LogP contribution >= 0.6 is 15.9 Å². The van der Waals surface area contributed by atoms with Crippen LogP contribution in [0.15, 0.2) is 52.0 Å². The fourth-order valence-corrected chi connectivity index (χ4v) is 2.07. The van der Waals surface area contributed by atoms with Gasteiger partial charge in [-0.05, 0) is 42.5 Å². The van der Waals surface area contributed by atoms with Crippen molar-refractivity contribution in [2.75, 3.05) is 0 Å². The second-order valence-corrected chi connectivity index (χ2v) is 5.34. The third-order valence-corrected chi connectivity index (χ3v) is 3.36. The lowest BCUT2D eigenvalue weighted by molar-refractivity contribution is 0.0706. The van der Waals surface area contributed by atoms with Crippen molar-refractivity contribution in [3.05, 3.63) is 63.6 Å². The zero-order valence-corrected chi connectivity index (χ0v) is 13.2. The average molecular weight is 378 g/mol. The molecule has 4 N–H and O–H groups in total. The SMILES string of the molecule is O=C(NO)c1ccc(C(=O)N/N=C/c2cc(Br)ccc2O)cc1. The Morgan fingerprint density at radius 1 is 1.04 bits per heavy atom. The number of phenolic OH excluding ortho intramolecular Hbond substituents is 1. The number of carbonyl (C=O) groups is 2. The smallest absolute Gasteiger partial charge is 0.274 e. The molecule has 0 radical (unpaired) electrons. The Bertz CT molecular complexity index is 760. The predicted molar refractivity (Wildman–Crippen MR) is 86.6 cm³/mol. The molecule has 2 aromatic carbocycles. The van der Waals surface area contributed by atoms with Crippen molar-refractivity contribution in [1.82, 2.24) is 10.9 Å². The summed E-state index contributed by atoms with van der Waals surface area (Å²) in [5.74, 6) is -1.11. The van der Waals surface area contributed by atoms with E-state index in [9.17, 15) is 14.7 Å². The van der Waals surface area contributed by atoms with E-state index in [0.29, 0.717) is 5.56 Å². The van der Waals surface area contributed by atoms with Crippen molar-refractivity contribution in [2.45, 2.75) is 0 Å². The van der Waals surface area contributed by atoms with E-state index in [0.717, 1.165) is 4.47 Å². The minimum absolute atomic E-state index is 0.0329. The number of carbonyl (C=O) groups excluding carboxylic acids is 2. The van der Waals surface area contributed by atoms with Gasteiger partial charge >= 0.3 is 0 Å². The van der Waals surface area contributed by atoms with Crippen molar-refractivity contribution in [1.29, 1.82) is 0 Å². The van der Waals surface area contributed by atoms with Gasteiger partial charge in [-0.1, -0.05) is 15.9 Å². The quantitative estimate of drug-likeness (QED) is 0.371. The van der Waals surface area contributed by atoms with Crippen LogP contribution in [0, 0.1) is 0 Å². The molecule has 0 heterocycles. The van der Waals surface area contributed by atoms with Crippen molar-refractivity contribution >= 4 is 34.0 Å². The minimum Gasteiger partial charge on any atom is -0.507 e. The zero-order valence-electron chi connectivity index (χ0n) is 11.7. The third-order valence-electron chi connectivity index (χ3n) is 2.87. The van der Waals surface area contributed by atoms with E-state index in [1.54, 1.807) is 12.1 Å². The van der Waals surface area contributed by atoms with Crippen molar-refractivity contribution in [3.8, 4) is 5.75 Å². The number of amides is 2. The van der Waals surface area contributed by atoms with Crippen LogP contribution in [-0.4, -0.2) is 28.3 Å². The predicted octanol–water partition coefficient (Wildman–Crippen LogP) is 2.04. The van der Waals surface area contributed by atoms with Gasteiger partial charge in [0.2, 0.25) is 0 Å². The highest BCUT2D eigenvalue weighted by Gasteiger charge is 2.07. The summed E-state index contributed by atoms with van der Waals surface area (Å²) >= 11 is 3.27. The van der Waals surface area contributed by atoms with Crippen LogP contribution in [0.25, 0.3) is 0 Å². The highest BCUT2D eigenvalue weighted by atomic mass is 79.9. The number of hydrogen-bond acceptors (Lipinski definition) is 5. The zero-order chi connectivity index (χ0) is 16.8. The van der Waals surface area contributed by atoms with Crippen molar-refractivity contribution < 1.29 is 19.9 Å². The van der Waals surface area contributed by atoms with Crippen LogP contribution in [-0.2, 0) is 0 Å². The Morgan fingerprint density at radius 2 is 1.65 bits per heavy atom. The number of halogens is 1. The average Bonchev–Trinajstić information content (AvgIpc) is 2.57. The highest BCUT2D eigenvalue weighted by molar-refractivity contribution is 9.10. The Balaban J connectivity index is 2.03. The van der Waals surface area contributed by atoms with E-state index in [4.69, 9.17) is 5.21 Å². The van der Waals surface area contributed by atoms with Crippen LogP contribution in [0.5, 0.6) is 5.75 Å². The molecule has 23 heavy (non-hydrogen) atoms. The van der Waals surface area contributed by atoms with Gasteiger partial charge in [-0.25, -0.2) is 10.9 Å². The summed E-state index contributed by atoms with van der Waals surface area (Å²) in [7, 11) is 0. The Labute approximate surface area is 139 Å². The number of hydroxylamine groups is 1. The second kappa shape index (κ2) is 7.52. The largest absolute Gasteiger partial charge is 0.507 e. The van der Waals surface area contributed by atoms with Crippen LogP contribution in [0.3, 0.4) is 0 Å². The number of rotatable bonds is 4. The molecule has 2 rings (SSSR count). The molecule has 0 saturated carbocycles. The molecule has 8 heteroatoms. The molecule has 2 aromatic rings. The van der Waals surface area contributed by atoms with E-state index in [-0.39, 0.29) is 16.9 Å². The molecule has 0 aliphatic heterocycles. The number of nitrogens with zero attached hydrogens (tertiary/aromatic N) is 1. The summed E-state index contributed by atoms with van der Waals surface area (Å²) < 4.78 is 0.765. The lowest BCUT2D eigenvalue weighted by Gasteiger charge is -2.02. The normalized spacial score (nSPS) is 10.5. The van der Waals surface area contributed by atoms with Gasteiger partial charge in [-0.3, -0.25) is 14.8 Å². The van der Waals surface area contributed by atoms with Crippen LogP contribution in [0.1, 0.15) is 26.3 Å². The van der Waals surface area contributed by atoms with Crippen molar-refractivity contribution in [2.24, 2.45) is 5.10 Å². The van der Waals surface area contributed by atoms with Gasteiger partial charge in [-0.2, -0.15) is 5.10 Å². The van der Waals surface area contributed by atoms with Crippen LogP contribution in [0.4, 0.5) is 0 Å². The summed E-state index contributed by atoms with van der Waals surface area (Å²) in [6, 6.07) is 10.5. The lowest BCUT2D eigenvalue weighted by atomic mass is 10.1. The maximum Gasteiger partial charge on any atom is 0.274 e. The molecule has 7 nitrogen and oxygen atoms in total. The van der Waals surface area contributed by atoms with Gasteiger partial charge in [0.25, 0.3) is 11.8 Å². The lowest BCUT2D eigenvalue weighted by Crippen LogP contribution is -2.20. The van der Waals surface area contributed by atoms with Crippen molar-refractivity contribution in [3.63, 3.8) is 0 Å². The summed E-state index contributed by atoms with van der Waals surface area (Å²) in [5, 5.41) is 21.9. The van der Waals surface area contributed by atoms with E-state index >= 15 is 0 Å². The molecule has 0 aliphatic rings. The second-order valence-electron chi connectivity index (χ2n) is 4.42. The highest BCUT2D eigenvalue weighted by Crippen LogP contribution is 2.19. The monoisotopic (exact) mass is 377 g/mol. The fourth-order valence-electron chi connectivity index (χ4n) is 1.69. The number of aromatic hydroxyl groups is 1. The first-order chi connectivity index (χ1) is 11.0. The number of hydrogen-bond donors (Lipinski definition) is 4. The van der Waals surface area contributed by atoms with Gasteiger partial charge in [0, 0.05) is 21.2 Å². The molecular formula is C15H12BrN3O4. The van der Waals surface area contributed by atoms with Gasteiger partial charge in [0.1, 0.15) is 5.75 Å². The molecular weight excluding hydrogens is 366 g/mol.